The third-order valence-corrected chi connectivity index (χ3v) is 8.33. The first-order chi connectivity index (χ1) is 11.9. The number of carbonyl (C=O) groups is 1. The lowest BCUT2D eigenvalue weighted by Crippen LogP contribution is -2.49. The standard InChI is InChI=1S/C22H32O3/c1-14-20(25-13-24-4)12-19-17-6-5-15-11-16(23)7-9-22(15,3)18(17)8-10-21(14,19)2/h11,17-20H,1,5-10,12-13H2,2-4H3/t17-,18+,19+,20-,21-,22+/m1/s1. The minimum absolute atomic E-state index is 0.145. The SMILES string of the molecule is C=C1[C@H](OCOC)C[C@H]2[C@@H]3CCC4=CC(=O)CC[C@]4(C)[C@H]3CC[C@]12C. The van der Waals surface area contributed by atoms with E-state index in [9.17, 15) is 4.79 Å². The summed E-state index contributed by atoms with van der Waals surface area (Å²) in [5.74, 6) is 2.46. The molecule has 0 saturated heterocycles. The minimum Gasteiger partial charge on any atom is -0.359 e. The molecule has 3 saturated carbocycles. The van der Waals surface area contributed by atoms with Crippen molar-refractivity contribution in [2.75, 3.05) is 13.9 Å². The van der Waals surface area contributed by atoms with Crippen LogP contribution in [0.25, 0.3) is 0 Å². The van der Waals surface area contributed by atoms with Crippen molar-refractivity contribution in [3.05, 3.63) is 23.8 Å². The van der Waals surface area contributed by atoms with E-state index in [0.717, 1.165) is 31.6 Å². The topological polar surface area (TPSA) is 35.5 Å². The Morgan fingerprint density at radius 1 is 1.16 bits per heavy atom. The zero-order valence-electron chi connectivity index (χ0n) is 16.0. The number of rotatable bonds is 3. The lowest BCUT2D eigenvalue weighted by atomic mass is 9.47. The van der Waals surface area contributed by atoms with Crippen LogP contribution in [-0.4, -0.2) is 25.8 Å². The van der Waals surface area contributed by atoms with E-state index in [-0.39, 0.29) is 16.9 Å². The molecule has 0 radical (unpaired) electrons. The minimum atomic E-state index is 0.145. The molecule has 0 aromatic carbocycles. The van der Waals surface area contributed by atoms with Crippen LogP contribution in [-0.2, 0) is 14.3 Å². The van der Waals surface area contributed by atoms with Gasteiger partial charge in [-0.1, -0.05) is 26.0 Å². The number of hydrogen-bond acceptors (Lipinski definition) is 3. The Hall–Kier alpha value is -0.930. The molecule has 0 aliphatic heterocycles. The molecule has 138 valence electrons. The molecule has 3 nitrogen and oxygen atoms in total. The summed E-state index contributed by atoms with van der Waals surface area (Å²) in [7, 11) is 1.68. The van der Waals surface area contributed by atoms with Crippen LogP contribution in [0.1, 0.15) is 58.8 Å². The molecule has 0 aromatic heterocycles. The van der Waals surface area contributed by atoms with E-state index in [1.54, 1.807) is 7.11 Å². The fourth-order valence-electron chi connectivity index (χ4n) is 6.77. The number of carbonyl (C=O) groups excluding carboxylic acids is 1. The fourth-order valence-corrected chi connectivity index (χ4v) is 6.77. The van der Waals surface area contributed by atoms with Gasteiger partial charge in [-0.05, 0) is 78.8 Å². The van der Waals surface area contributed by atoms with Gasteiger partial charge in [-0.25, -0.2) is 0 Å². The summed E-state index contributed by atoms with van der Waals surface area (Å²) in [6.45, 7) is 9.67. The van der Waals surface area contributed by atoms with E-state index in [1.165, 1.54) is 30.4 Å². The number of fused-ring (bicyclic) bond motifs is 5. The van der Waals surface area contributed by atoms with Gasteiger partial charge in [0, 0.05) is 13.5 Å². The Balaban J connectivity index is 1.62. The van der Waals surface area contributed by atoms with E-state index < -0.39 is 0 Å². The Labute approximate surface area is 151 Å². The van der Waals surface area contributed by atoms with Gasteiger partial charge in [0.2, 0.25) is 0 Å². The van der Waals surface area contributed by atoms with E-state index in [4.69, 9.17) is 9.47 Å². The van der Waals surface area contributed by atoms with Gasteiger partial charge in [0.25, 0.3) is 0 Å². The van der Waals surface area contributed by atoms with Crippen LogP contribution < -0.4 is 0 Å². The first-order valence-corrected chi connectivity index (χ1v) is 9.94. The highest BCUT2D eigenvalue weighted by atomic mass is 16.7. The zero-order valence-corrected chi connectivity index (χ0v) is 16.0. The Morgan fingerprint density at radius 3 is 2.72 bits per heavy atom. The van der Waals surface area contributed by atoms with E-state index in [0.29, 0.717) is 24.4 Å². The summed E-state index contributed by atoms with van der Waals surface area (Å²) in [6, 6.07) is 0. The van der Waals surface area contributed by atoms with Gasteiger partial charge in [-0.15, -0.1) is 0 Å². The van der Waals surface area contributed by atoms with Crippen molar-refractivity contribution in [3.8, 4) is 0 Å². The van der Waals surface area contributed by atoms with Gasteiger partial charge in [-0.3, -0.25) is 4.79 Å². The van der Waals surface area contributed by atoms with Gasteiger partial charge in [0.15, 0.2) is 5.78 Å². The van der Waals surface area contributed by atoms with Crippen LogP contribution in [0.2, 0.25) is 0 Å². The molecular formula is C22H32O3. The normalized spacial score (nSPS) is 46.3. The van der Waals surface area contributed by atoms with Crippen molar-refractivity contribution < 1.29 is 14.3 Å². The van der Waals surface area contributed by atoms with Crippen molar-refractivity contribution in [3.63, 3.8) is 0 Å². The molecule has 3 fully saturated rings. The largest absolute Gasteiger partial charge is 0.359 e. The predicted octanol–water partition coefficient (Wildman–Crippen LogP) is 4.67. The fraction of sp³-hybridized carbons (Fsp3) is 0.773. The van der Waals surface area contributed by atoms with Crippen molar-refractivity contribution >= 4 is 5.78 Å². The van der Waals surface area contributed by atoms with Crippen LogP contribution in [0.3, 0.4) is 0 Å². The van der Waals surface area contributed by atoms with Crippen molar-refractivity contribution in [2.45, 2.75) is 64.9 Å². The number of allylic oxidation sites excluding steroid dienone is 1. The molecule has 0 N–H and O–H groups in total. The summed E-state index contributed by atoms with van der Waals surface area (Å²) in [5, 5.41) is 0. The molecule has 6 atom stereocenters. The smallest absolute Gasteiger partial charge is 0.155 e. The van der Waals surface area contributed by atoms with Crippen LogP contribution in [0.4, 0.5) is 0 Å². The first kappa shape index (κ1) is 17.5. The molecule has 0 unspecified atom stereocenters. The Morgan fingerprint density at radius 2 is 1.96 bits per heavy atom. The van der Waals surface area contributed by atoms with E-state index in [1.807, 2.05) is 6.08 Å². The molecule has 3 heteroatoms. The van der Waals surface area contributed by atoms with Crippen molar-refractivity contribution in [1.29, 1.82) is 0 Å². The molecule has 0 amide bonds. The first-order valence-electron chi connectivity index (χ1n) is 9.94. The van der Waals surface area contributed by atoms with Crippen molar-refractivity contribution in [1.82, 2.24) is 0 Å². The monoisotopic (exact) mass is 344 g/mol. The number of ether oxygens (including phenoxy) is 2. The second kappa shape index (κ2) is 6.06. The van der Waals surface area contributed by atoms with Gasteiger partial charge < -0.3 is 9.47 Å². The highest BCUT2D eigenvalue weighted by Crippen LogP contribution is 2.66. The van der Waals surface area contributed by atoms with Crippen molar-refractivity contribution in [2.24, 2.45) is 28.6 Å². The molecule has 4 aliphatic rings. The number of hydrogen-bond donors (Lipinski definition) is 0. The van der Waals surface area contributed by atoms with Crippen LogP contribution in [0.5, 0.6) is 0 Å². The third-order valence-electron chi connectivity index (χ3n) is 8.33. The summed E-state index contributed by atoms with van der Waals surface area (Å²) in [5.41, 5.74) is 3.18. The molecule has 0 spiro atoms. The molecule has 25 heavy (non-hydrogen) atoms. The van der Waals surface area contributed by atoms with E-state index >= 15 is 0 Å². The van der Waals surface area contributed by atoms with E-state index in [2.05, 4.69) is 20.4 Å². The molecule has 0 bridgehead atoms. The lowest BCUT2D eigenvalue weighted by molar-refractivity contribution is -0.117. The number of methoxy groups -OCH3 is 1. The van der Waals surface area contributed by atoms with Crippen LogP contribution in [0, 0.1) is 28.6 Å². The maximum atomic E-state index is 11.9. The summed E-state index contributed by atoms with van der Waals surface area (Å²) < 4.78 is 11.1. The molecule has 4 aliphatic carbocycles. The van der Waals surface area contributed by atoms with Gasteiger partial charge in [-0.2, -0.15) is 0 Å². The average molecular weight is 344 g/mol. The average Bonchev–Trinajstić information content (AvgIpc) is 2.85. The lowest BCUT2D eigenvalue weighted by Gasteiger charge is -2.57. The molecule has 0 aromatic rings. The summed E-state index contributed by atoms with van der Waals surface area (Å²) >= 11 is 0. The summed E-state index contributed by atoms with van der Waals surface area (Å²) in [4.78, 5) is 11.9. The van der Waals surface area contributed by atoms with Gasteiger partial charge in [0.1, 0.15) is 6.79 Å². The molecular weight excluding hydrogens is 312 g/mol. The van der Waals surface area contributed by atoms with Crippen LogP contribution >= 0.6 is 0 Å². The van der Waals surface area contributed by atoms with Gasteiger partial charge >= 0.3 is 0 Å². The molecule has 4 rings (SSSR count). The number of ketones is 1. The zero-order chi connectivity index (χ0) is 17.8. The quantitative estimate of drug-likeness (QED) is 0.551. The Kier molecular flexibility index (Phi) is 4.24. The summed E-state index contributed by atoms with van der Waals surface area (Å²) in [6.07, 6.45) is 9.81. The highest BCUT2D eigenvalue weighted by Gasteiger charge is 2.59. The van der Waals surface area contributed by atoms with Crippen LogP contribution in [0.15, 0.2) is 23.8 Å². The highest BCUT2D eigenvalue weighted by molar-refractivity contribution is 5.91. The Bertz CT molecular complexity index is 621. The second-order valence-electron chi connectivity index (χ2n) is 9.25. The molecule has 0 heterocycles. The second-order valence-corrected chi connectivity index (χ2v) is 9.25. The predicted molar refractivity (Wildman–Crippen MR) is 98.0 cm³/mol. The third kappa shape index (κ3) is 2.49. The maximum Gasteiger partial charge on any atom is 0.155 e. The van der Waals surface area contributed by atoms with Gasteiger partial charge in [0.05, 0.1) is 6.10 Å². The maximum absolute atomic E-state index is 11.9.